The van der Waals surface area contributed by atoms with E-state index < -0.39 is 0 Å². The zero-order chi connectivity index (χ0) is 13.3. The summed E-state index contributed by atoms with van der Waals surface area (Å²) in [5, 5.41) is 21.6. The van der Waals surface area contributed by atoms with Crippen LogP contribution in [0.3, 0.4) is 0 Å². The molecule has 1 aliphatic rings. The monoisotopic (exact) mass is 260 g/mol. The number of rotatable bonds is 10. The Bertz CT molecular complexity index is 202. The van der Waals surface area contributed by atoms with Crippen molar-refractivity contribution in [2.45, 2.75) is 19.8 Å². The smallest absolute Gasteiger partial charge is 0.0558 e. The zero-order valence-electron chi connectivity index (χ0n) is 11.5. The van der Waals surface area contributed by atoms with Crippen LogP contribution in [0.5, 0.6) is 0 Å². The maximum absolute atomic E-state index is 9.07. The summed E-state index contributed by atoms with van der Waals surface area (Å²) in [7, 11) is 0. The average molecular weight is 260 g/mol. The lowest BCUT2D eigenvalue weighted by atomic mass is 9.86. The summed E-state index contributed by atoms with van der Waals surface area (Å²) < 4.78 is 5.56. The van der Waals surface area contributed by atoms with Crippen molar-refractivity contribution in [3.63, 3.8) is 0 Å². The van der Waals surface area contributed by atoms with Gasteiger partial charge < -0.3 is 20.3 Å². The number of hydrogen-bond acceptors (Lipinski definition) is 5. The van der Waals surface area contributed by atoms with Gasteiger partial charge in [0, 0.05) is 38.2 Å². The van der Waals surface area contributed by atoms with E-state index in [2.05, 4.69) is 17.1 Å². The molecule has 108 valence electrons. The van der Waals surface area contributed by atoms with Gasteiger partial charge in [0.15, 0.2) is 0 Å². The van der Waals surface area contributed by atoms with E-state index >= 15 is 0 Å². The molecule has 1 saturated heterocycles. The molecule has 0 aliphatic carbocycles. The van der Waals surface area contributed by atoms with E-state index in [0.717, 1.165) is 45.7 Å². The van der Waals surface area contributed by atoms with Crippen molar-refractivity contribution in [1.29, 1.82) is 0 Å². The molecule has 5 nitrogen and oxygen atoms in total. The van der Waals surface area contributed by atoms with Crippen molar-refractivity contribution in [1.82, 2.24) is 10.2 Å². The predicted octanol–water partition coefficient (Wildman–Crippen LogP) is -0.321. The third-order valence-electron chi connectivity index (χ3n) is 3.50. The quantitative estimate of drug-likeness (QED) is 0.470. The Morgan fingerprint density at radius 3 is 2.50 bits per heavy atom. The number of nitrogens with one attached hydrogen (secondary N) is 1. The Hall–Kier alpha value is -0.200. The van der Waals surface area contributed by atoms with Crippen LogP contribution in [0.2, 0.25) is 0 Å². The first-order chi connectivity index (χ1) is 8.76. The summed E-state index contributed by atoms with van der Waals surface area (Å²) in [5.74, 6) is 0. The first-order valence-corrected chi connectivity index (χ1v) is 6.99. The predicted molar refractivity (Wildman–Crippen MR) is 71.6 cm³/mol. The third-order valence-corrected chi connectivity index (χ3v) is 3.50. The highest BCUT2D eigenvalue weighted by Gasteiger charge is 2.36. The van der Waals surface area contributed by atoms with Gasteiger partial charge in [0.25, 0.3) is 0 Å². The highest BCUT2D eigenvalue weighted by atomic mass is 16.5. The van der Waals surface area contributed by atoms with E-state index in [4.69, 9.17) is 14.9 Å². The van der Waals surface area contributed by atoms with Crippen molar-refractivity contribution >= 4 is 0 Å². The fraction of sp³-hybridized carbons (Fsp3) is 1.00. The Balaban J connectivity index is 2.48. The second-order valence-corrected chi connectivity index (χ2v) is 5.20. The number of ether oxygens (including phenoxy) is 1. The van der Waals surface area contributed by atoms with Crippen LogP contribution in [0.4, 0.5) is 0 Å². The molecule has 5 heteroatoms. The van der Waals surface area contributed by atoms with E-state index in [9.17, 15) is 0 Å². The Kier molecular flexibility index (Phi) is 7.77. The largest absolute Gasteiger partial charge is 0.395 e. The molecule has 0 saturated carbocycles. The van der Waals surface area contributed by atoms with Crippen LogP contribution in [-0.4, -0.2) is 74.3 Å². The van der Waals surface area contributed by atoms with Crippen molar-refractivity contribution in [3.8, 4) is 0 Å². The van der Waals surface area contributed by atoms with Crippen LogP contribution in [0, 0.1) is 5.41 Å². The minimum absolute atomic E-state index is 0.138. The summed E-state index contributed by atoms with van der Waals surface area (Å²) in [6.45, 7) is 8.14. The molecule has 3 N–H and O–H groups in total. The highest BCUT2D eigenvalue weighted by molar-refractivity contribution is 4.88. The standard InChI is InChI=1S/C13H28N2O3/c1-2-4-14-10-13(3-9-18-12-13)11-15(5-7-16)6-8-17/h14,16-17H,2-12H2,1H3. The van der Waals surface area contributed by atoms with Crippen LogP contribution in [0.1, 0.15) is 19.8 Å². The Morgan fingerprint density at radius 2 is 2.00 bits per heavy atom. The molecule has 18 heavy (non-hydrogen) atoms. The molecule has 0 bridgehead atoms. The molecular weight excluding hydrogens is 232 g/mol. The Labute approximate surface area is 110 Å². The number of aliphatic hydroxyl groups excluding tert-OH is 2. The maximum Gasteiger partial charge on any atom is 0.0558 e. The number of nitrogens with zero attached hydrogens (tertiary/aromatic N) is 1. The average Bonchev–Trinajstić information content (AvgIpc) is 2.79. The molecular formula is C13H28N2O3. The molecule has 1 fully saturated rings. The molecule has 0 radical (unpaired) electrons. The van der Waals surface area contributed by atoms with Gasteiger partial charge in [0.2, 0.25) is 0 Å². The highest BCUT2D eigenvalue weighted by Crippen LogP contribution is 2.29. The molecule has 1 atom stereocenters. The molecule has 0 aromatic heterocycles. The van der Waals surface area contributed by atoms with E-state index in [1.165, 1.54) is 0 Å². The van der Waals surface area contributed by atoms with E-state index in [-0.39, 0.29) is 18.6 Å². The summed E-state index contributed by atoms with van der Waals surface area (Å²) in [5.41, 5.74) is 0.138. The summed E-state index contributed by atoms with van der Waals surface area (Å²) >= 11 is 0. The molecule has 0 aromatic rings. The third kappa shape index (κ3) is 5.20. The van der Waals surface area contributed by atoms with Gasteiger partial charge in [-0.2, -0.15) is 0 Å². The summed E-state index contributed by atoms with van der Waals surface area (Å²) in [6, 6.07) is 0. The lowest BCUT2D eigenvalue weighted by molar-refractivity contribution is 0.0854. The SMILES string of the molecule is CCCNCC1(CN(CCO)CCO)CCOC1. The normalized spacial score (nSPS) is 24.0. The molecule has 1 rings (SSSR count). The van der Waals surface area contributed by atoms with Gasteiger partial charge in [0.05, 0.1) is 19.8 Å². The molecule has 1 unspecified atom stereocenters. The topological polar surface area (TPSA) is 65.0 Å². The maximum atomic E-state index is 9.07. The molecule has 0 aromatic carbocycles. The van der Waals surface area contributed by atoms with E-state index in [1.54, 1.807) is 0 Å². The van der Waals surface area contributed by atoms with Gasteiger partial charge >= 0.3 is 0 Å². The fourth-order valence-electron chi connectivity index (χ4n) is 2.53. The van der Waals surface area contributed by atoms with Crippen LogP contribution in [0.25, 0.3) is 0 Å². The molecule has 0 amide bonds. The van der Waals surface area contributed by atoms with Gasteiger partial charge in [0.1, 0.15) is 0 Å². The number of aliphatic hydroxyl groups is 2. The van der Waals surface area contributed by atoms with Gasteiger partial charge in [-0.3, -0.25) is 4.90 Å². The fourth-order valence-corrected chi connectivity index (χ4v) is 2.53. The summed E-state index contributed by atoms with van der Waals surface area (Å²) in [4.78, 5) is 2.13. The second kappa shape index (κ2) is 8.82. The van der Waals surface area contributed by atoms with E-state index in [0.29, 0.717) is 13.1 Å². The van der Waals surface area contributed by atoms with Gasteiger partial charge in [-0.25, -0.2) is 0 Å². The number of hydrogen-bond donors (Lipinski definition) is 3. The Morgan fingerprint density at radius 1 is 1.28 bits per heavy atom. The van der Waals surface area contributed by atoms with Gasteiger partial charge in [-0.05, 0) is 19.4 Å². The minimum Gasteiger partial charge on any atom is -0.395 e. The van der Waals surface area contributed by atoms with Gasteiger partial charge in [-0.1, -0.05) is 6.92 Å². The van der Waals surface area contributed by atoms with Gasteiger partial charge in [-0.15, -0.1) is 0 Å². The van der Waals surface area contributed by atoms with Crippen molar-refractivity contribution in [2.24, 2.45) is 5.41 Å². The van der Waals surface area contributed by atoms with Crippen molar-refractivity contribution in [3.05, 3.63) is 0 Å². The lowest BCUT2D eigenvalue weighted by Crippen LogP contribution is -2.46. The van der Waals surface area contributed by atoms with Crippen LogP contribution in [-0.2, 0) is 4.74 Å². The second-order valence-electron chi connectivity index (χ2n) is 5.20. The minimum atomic E-state index is 0.138. The van der Waals surface area contributed by atoms with Crippen LogP contribution < -0.4 is 5.32 Å². The molecule has 1 heterocycles. The van der Waals surface area contributed by atoms with Crippen LogP contribution >= 0.6 is 0 Å². The summed E-state index contributed by atoms with van der Waals surface area (Å²) in [6.07, 6.45) is 2.19. The van der Waals surface area contributed by atoms with E-state index in [1.807, 2.05) is 0 Å². The molecule has 1 aliphatic heterocycles. The first-order valence-electron chi connectivity index (χ1n) is 6.99. The molecule has 0 spiro atoms. The zero-order valence-corrected chi connectivity index (χ0v) is 11.5. The van der Waals surface area contributed by atoms with Crippen molar-refractivity contribution < 1.29 is 14.9 Å². The first kappa shape index (κ1) is 15.9. The van der Waals surface area contributed by atoms with Crippen molar-refractivity contribution in [2.75, 3.05) is 59.2 Å². The van der Waals surface area contributed by atoms with Crippen LogP contribution in [0.15, 0.2) is 0 Å². The lowest BCUT2D eigenvalue weighted by Gasteiger charge is -2.34.